The van der Waals surface area contributed by atoms with Gasteiger partial charge in [0.25, 0.3) is 0 Å². The minimum Gasteiger partial charge on any atom is -0.256 e. The summed E-state index contributed by atoms with van der Waals surface area (Å²) in [6.07, 6.45) is 15.5. The lowest BCUT2D eigenvalue weighted by Crippen LogP contribution is -2.17. The molecule has 5 aromatic heterocycles. The Bertz CT molecular complexity index is 1350. The van der Waals surface area contributed by atoms with Crippen molar-refractivity contribution < 1.29 is 0 Å². The predicted octanol–water partition coefficient (Wildman–Crippen LogP) is 4.47. The summed E-state index contributed by atoms with van der Waals surface area (Å²) in [5.74, 6) is 1.56. The average Bonchev–Trinajstić information content (AvgIpc) is 3.55. The maximum Gasteiger partial charge on any atom is 0.179 e. The highest BCUT2D eigenvalue weighted by Gasteiger charge is 2.23. The number of pyridine rings is 2. The minimum atomic E-state index is 0.782. The molecule has 0 atom stereocenters. The average molecular weight is 449 g/mol. The second kappa shape index (κ2) is 8.30. The van der Waals surface area contributed by atoms with Crippen molar-refractivity contribution in [3.63, 3.8) is 0 Å². The fourth-order valence-electron chi connectivity index (χ4n) is 4.40. The molecule has 5 heterocycles. The van der Waals surface area contributed by atoms with Gasteiger partial charge in [0.1, 0.15) is 0 Å². The molecule has 0 fully saturated rings. The molecular weight excluding hydrogens is 424 g/mol. The van der Waals surface area contributed by atoms with Gasteiger partial charge in [-0.3, -0.25) is 9.97 Å². The van der Waals surface area contributed by atoms with Gasteiger partial charge in [-0.2, -0.15) is 10.2 Å². The predicted molar refractivity (Wildman–Crippen MR) is 129 cm³/mol. The first-order chi connectivity index (χ1) is 16.7. The van der Waals surface area contributed by atoms with Crippen LogP contribution in [0.4, 0.5) is 0 Å². The summed E-state index contributed by atoms with van der Waals surface area (Å²) in [6, 6.07) is 8.14. The molecular formula is C26H24N8. The number of rotatable bonds is 4. The molecule has 5 aromatic rings. The number of aryl methyl sites for hydroxylation is 2. The first-order valence-electron chi connectivity index (χ1n) is 11.5. The van der Waals surface area contributed by atoms with E-state index < -0.39 is 0 Å². The van der Waals surface area contributed by atoms with Crippen molar-refractivity contribution in [2.24, 2.45) is 0 Å². The molecule has 0 saturated heterocycles. The first kappa shape index (κ1) is 20.4. The van der Waals surface area contributed by atoms with Crippen LogP contribution >= 0.6 is 0 Å². The van der Waals surface area contributed by atoms with E-state index in [1.165, 1.54) is 11.1 Å². The van der Waals surface area contributed by atoms with E-state index in [4.69, 9.17) is 0 Å². The highest BCUT2D eigenvalue weighted by Crippen LogP contribution is 2.30. The van der Waals surface area contributed by atoms with E-state index in [-0.39, 0.29) is 0 Å². The molecule has 0 spiro atoms. The molecule has 1 aliphatic carbocycles. The standard InChI is InChI=1S/C26H24N8/c1-17-7-9-23(27-11-17)19-13-29-33(15-19)25-21-5-3-4-6-22(21)26(32-31-25)34-16-20(14-30-34)24-10-8-18(2)12-28-24/h7-16H,3-6H2,1-2H3. The Morgan fingerprint density at radius 3 is 1.50 bits per heavy atom. The summed E-state index contributed by atoms with van der Waals surface area (Å²) in [4.78, 5) is 9.05. The topological polar surface area (TPSA) is 87.2 Å². The lowest BCUT2D eigenvalue weighted by Gasteiger charge is -2.20. The Morgan fingerprint density at radius 1 is 0.618 bits per heavy atom. The van der Waals surface area contributed by atoms with E-state index in [1.807, 2.05) is 72.5 Å². The zero-order chi connectivity index (χ0) is 23.1. The molecule has 6 rings (SSSR count). The molecule has 0 radical (unpaired) electrons. The van der Waals surface area contributed by atoms with Crippen LogP contribution in [0.1, 0.15) is 35.1 Å². The quantitative estimate of drug-likeness (QED) is 0.403. The van der Waals surface area contributed by atoms with Crippen molar-refractivity contribution in [3.8, 4) is 34.2 Å². The number of hydrogen-bond donors (Lipinski definition) is 0. The van der Waals surface area contributed by atoms with Crippen LogP contribution in [0.25, 0.3) is 34.2 Å². The van der Waals surface area contributed by atoms with Gasteiger partial charge >= 0.3 is 0 Å². The fourth-order valence-corrected chi connectivity index (χ4v) is 4.40. The summed E-state index contributed by atoms with van der Waals surface area (Å²) in [7, 11) is 0. The second-order valence-electron chi connectivity index (χ2n) is 8.80. The van der Waals surface area contributed by atoms with E-state index in [0.717, 1.165) is 71.0 Å². The number of hydrogen-bond acceptors (Lipinski definition) is 6. The molecule has 0 saturated carbocycles. The van der Waals surface area contributed by atoms with Crippen LogP contribution in [0.5, 0.6) is 0 Å². The molecule has 8 nitrogen and oxygen atoms in total. The van der Waals surface area contributed by atoms with Gasteiger partial charge < -0.3 is 0 Å². The van der Waals surface area contributed by atoms with Crippen molar-refractivity contribution in [3.05, 3.63) is 83.7 Å². The van der Waals surface area contributed by atoms with Crippen molar-refractivity contribution in [2.45, 2.75) is 39.5 Å². The third kappa shape index (κ3) is 3.67. The van der Waals surface area contributed by atoms with Crippen LogP contribution in [0, 0.1) is 13.8 Å². The molecule has 8 heteroatoms. The van der Waals surface area contributed by atoms with Crippen LogP contribution in [-0.2, 0) is 12.8 Å². The molecule has 0 aliphatic heterocycles. The van der Waals surface area contributed by atoms with Crippen molar-refractivity contribution >= 4 is 0 Å². The van der Waals surface area contributed by atoms with Crippen molar-refractivity contribution in [1.82, 2.24) is 39.7 Å². The summed E-state index contributed by atoms with van der Waals surface area (Å²) >= 11 is 0. The second-order valence-corrected chi connectivity index (χ2v) is 8.80. The van der Waals surface area contributed by atoms with Crippen molar-refractivity contribution in [1.29, 1.82) is 0 Å². The van der Waals surface area contributed by atoms with Crippen LogP contribution < -0.4 is 0 Å². The molecule has 168 valence electrons. The third-order valence-corrected chi connectivity index (χ3v) is 6.26. The molecule has 0 N–H and O–H groups in total. The van der Waals surface area contributed by atoms with Gasteiger partial charge in [0.05, 0.1) is 23.8 Å². The minimum absolute atomic E-state index is 0.782. The first-order valence-corrected chi connectivity index (χ1v) is 11.5. The van der Waals surface area contributed by atoms with Crippen molar-refractivity contribution in [2.75, 3.05) is 0 Å². The van der Waals surface area contributed by atoms with E-state index in [2.05, 4.69) is 42.5 Å². The van der Waals surface area contributed by atoms with Crippen LogP contribution in [0.2, 0.25) is 0 Å². The van der Waals surface area contributed by atoms with Crippen LogP contribution in [0.15, 0.2) is 61.4 Å². The lowest BCUT2D eigenvalue weighted by molar-refractivity contribution is 0.642. The van der Waals surface area contributed by atoms with Gasteiger partial charge in [0.15, 0.2) is 11.6 Å². The smallest absolute Gasteiger partial charge is 0.179 e. The molecule has 0 amide bonds. The summed E-state index contributed by atoms with van der Waals surface area (Å²) in [5, 5.41) is 18.4. The summed E-state index contributed by atoms with van der Waals surface area (Å²) in [6.45, 7) is 4.06. The van der Waals surface area contributed by atoms with Crippen LogP contribution in [-0.4, -0.2) is 39.7 Å². The van der Waals surface area contributed by atoms with Gasteiger partial charge in [-0.15, -0.1) is 10.2 Å². The SMILES string of the molecule is Cc1ccc(-c2cnn(-c3nnc(-n4cc(-c5ccc(C)cn5)cn4)c4c3CCCC4)c2)nc1. The van der Waals surface area contributed by atoms with Gasteiger partial charge in [-0.05, 0) is 62.8 Å². The molecule has 0 aromatic carbocycles. The Kier molecular flexibility index (Phi) is 4.98. The summed E-state index contributed by atoms with van der Waals surface area (Å²) < 4.78 is 3.64. The zero-order valence-corrected chi connectivity index (χ0v) is 19.2. The number of nitrogens with zero attached hydrogens (tertiary/aromatic N) is 8. The van der Waals surface area contributed by atoms with E-state index in [0.29, 0.717) is 0 Å². The largest absolute Gasteiger partial charge is 0.256 e. The number of fused-ring (bicyclic) bond motifs is 1. The van der Waals surface area contributed by atoms with Gasteiger partial charge in [-0.25, -0.2) is 9.36 Å². The molecule has 34 heavy (non-hydrogen) atoms. The highest BCUT2D eigenvalue weighted by atomic mass is 15.4. The van der Waals surface area contributed by atoms with Gasteiger partial charge in [0.2, 0.25) is 0 Å². The Balaban J connectivity index is 1.38. The normalized spacial score (nSPS) is 13.1. The Hall–Kier alpha value is -4.20. The molecule has 1 aliphatic rings. The maximum absolute atomic E-state index is 4.61. The van der Waals surface area contributed by atoms with E-state index >= 15 is 0 Å². The zero-order valence-electron chi connectivity index (χ0n) is 19.2. The Morgan fingerprint density at radius 2 is 1.09 bits per heavy atom. The third-order valence-electron chi connectivity index (χ3n) is 6.26. The van der Waals surface area contributed by atoms with E-state index in [9.17, 15) is 0 Å². The van der Waals surface area contributed by atoms with Crippen LogP contribution in [0.3, 0.4) is 0 Å². The Labute approximate surface area is 197 Å². The lowest BCUT2D eigenvalue weighted by atomic mass is 9.92. The molecule has 0 unspecified atom stereocenters. The number of aromatic nitrogens is 8. The highest BCUT2D eigenvalue weighted by molar-refractivity contribution is 5.60. The van der Waals surface area contributed by atoms with E-state index in [1.54, 1.807) is 0 Å². The van der Waals surface area contributed by atoms with Gasteiger partial charge in [-0.1, -0.05) is 12.1 Å². The summed E-state index contributed by atoms with van der Waals surface area (Å²) in [5.41, 5.74) is 8.34. The maximum atomic E-state index is 4.61. The monoisotopic (exact) mass is 448 g/mol. The molecule has 0 bridgehead atoms. The fraction of sp³-hybridized carbons (Fsp3) is 0.231. The van der Waals surface area contributed by atoms with Gasteiger partial charge in [0, 0.05) is 47.0 Å².